The molecule has 18 heavy (non-hydrogen) atoms. The molecule has 0 fully saturated rings. The summed E-state index contributed by atoms with van der Waals surface area (Å²) in [6.45, 7) is 3.25. The quantitative estimate of drug-likeness (QED) is 0.716. The molecular formula is C12H18N2O3S. The summed E-state index contributed by atoms with van der Waals surface area (Å²) in [6.07, 6.45) is -0.401. The van der Waals surface area contributed by atoms with Gasteiger partial charge in [-0.1, -0.05) is 6.07 Å². The Bertz CT molecular complexity index is 390. The summed E-state index contributed by atoms with van der Waals surface area (Å²) in [6, 6.07) is 3.45. The second-order valence-corrected chi connectivity index (χ2v) is 5.11. The fourth-order valence-electron chi connectivity index (χ4n) is 1.48. The number of hydrogen-bond acceptors (Lipinski definition) is 4. The summed E-state index contributed by atoms with van der Waals surface area (Å²) in [5, 5.41) is 16.3. The molecular weight excluding hydrogens is 252 g/mol. The van der Waals surface area contributed by atoms with E-state index >= 15 is 0 Å². The molecule has 2 atom stereocenters. The van der Waals surface area contributed by atoms with Gasteiger partial charge >= 0.3 is 0 Å². The third-order valence-electron chi connectivity index (χ3n) is 2.25. The van der Waals surface area contributed by atoms with E-state index in [0.29, 0.717) is 0 Å². The number of aliphatic hydroxyl groups excluding tert-OH is 1. The average molecular weight is 270 g/mol. The van der Waals surface area contributed by atoms with Gasteiger partial charge in [-0.15, -0.1) is 11.3 Å². The topological polar surface area (TPSA) is 78.4 Å². The van der Waals surface area contributed by atoms with E-state index in [2.05, 4.69) is 10.6 Å². The van der Waals surface area contributed by atoms with Crippen molar-refractivity contribution in [3.63, 3.8) is 0 Å². The first-order chi connectivity index (χ1) is 8.49. The van der Waals surface area contributed by atoms with Gasteiger partial charge < -0.3 is 15.7 Å². The Balaban J connectivity index is 2.56. The minimum Gasteiger partial charge on any atom is -0.392 e. The van der Waals surface area contributed by atoms with Crippen molar-refractivity contribution in [1.29, 1.82) is 0 Å². The molecule has 2 amide bonds. The minimum absolute atomic E-state index is 0.170. The van der Waals surface area contributed by atoms with Crippen LogP contribution in [0.25, 0.3) is 0 Å². The van der Waals surface area contributed by atoms with E-state index in [4.69, 9.17) is 5.11 Å². The molecule has 6 heteroatoms. The molecule has 100 valence electrons. The number of aliphatic hydroxyl groups is 1. The summed E-state index contributed by atoms with van der Waals surface area (Å²) in [5.74, 6) is -0.361. The van der Waals surface area contributed by atoms with Crippen LogP contribution in [-0.4, -0.2) is 29.6 Å². The van der Waals surface area contributed by atoms with Crippen LogP contribution in [0.3, 0.4) is 0 Å². The molecule has 1 rings (SSSR count). The molecule has 0 radical (unpaired) electrons. The molecule has 0 spiro atoms. The number of carbonyl (C=O) groups excluding carboxylic acids is 2. The molecule has 0 aliphatic rings. The maximum Gasteiger partial charge on any atom is 0.222 e. The number of hydrogen-bond donors (Lipinski definition) is 3. The molecule has 0 saturated carbocycles. The first-order valence-electron chi connectivity index (χ1n) is 5.74. The summed E-state index contributed by atoms with van der Waals surface area (Å²) >= 11 is 1.50. The molecule has 0 aromatic carbocycles. The molecule has 1 aromatic rings. The second-order valence-electron chi connectivity index (χ2n) is 4.13. The predicted molar refractivity (Wildman–Crippen MR) is 70.2 cm³/mol. The maximum absolute atomic E-state index is 11.7. The van der Waals surface area contributed by atoms with Gasteiger partial charge in [0, 0.05) is 18.3 Å². The van der Waals surface area contributed by atoms with E-state index in [1.165, 1.54) is 18.3 Å². The van der Waals surface area contributed by atoms with Crippen molar-refractivity contribution >= 4 is 23.2 Å². The van der Waals surface area contributed by atoms with E-state index in [1.807, 2.05) is 17.5 Å². The fourth-order valence-corrected chi connectivity index (χ4v) is 2.25. The van der Waals surface area contributed by atoms with E-state index in [0.717, 1.165) is 4.88 Å². The number of amides is 2. The molecule has 0 aliphatic heterocycles. The van der Waals surface area contributed by atoms with Gasteiger partial charge in [0.2, 0.25) is 11.8 Å². The summed E-state index contributed by atoms with van der Waals surface area (Å²) in [4.78, 5) is 23.7. The zero-order valence-corrected chi connectivity index (χ0v) is 11.3. The van der Waals surface area contributed by atoms with Crippen LogP contribution >= 0.6 is 11.3 Å². The summed E-state index contributed by atoms with van der Waals surface area (Å²) in [5.41, 5.74) is 0. The highest BCUT2D eigenvalue weighted by Gasteiger charge is 2.17. The zero-order chi connectivity index (χ0) is 13.5. The van der Waals surface area contributed by atoms with Crippen molar-refractivity contribution < 1.29 is 14.7 Å². The molecule has 1 aromatic heterocycles. The van der Waals surface area contributed by atoms with Gasteiger partial charge in [0.15, 0.2) is 0 Å². The van der Waals surface area contributed by atoms with Gasteiger partial charge in [0.05, 0.1) is 18.6 Å². The lowest BCUT2D eigenvalue weighted by Crippen LogP contribution is -2.35. The summed E-state index contributed by atoms with van der Waals surface area (Å²) < 4.78 is 0. The summed E-state index contributed by atoms with van der Waals surface area (Å²) in [7, 11) is 0. The third-order valence-corrected chi connectivity index (χ3v) is 3.23. The highest BCUT2D eigenvalue weighted by atomic mass is 32.1. The Labute approximate surface area is 110 Å². The molecule has 1 unspecified atom stereocenters. The van der Waals surface area contributed by atoms with Gasteiger partial charge in [0.1, 0.15) is 0 Å². The number of nitrogens with one attached hydrogen (secondary N) is 2. The van der Waals surface area contributed by atoms with E-state index in [1.54, 1.807) is 6.92 Å². The van der Waals surface area contributed by atoms with Crippen molar-refractivity contribution in [2.45, 2.75) is 32.4 Å². The normalized spacial score (nSPS) is 13.7. The lowest BCUT2D eigenvalue weighted by molar-refractivity contribution is -0.123. The zero-order valence-electron chi connectivity index (χ0n) is 10.5. The largest absolute Gasteiger partial charge is 0.392 e. The number of thiophene rings is 1. The van der Waals surface area contributed by atoms with Crippen molar-refractivity contribution in [2.75, 3.05) is 6.54 Å². The second kappa shape index (κ2) is 7.13. The van der Waals surface area contributed by atoms with Crippen LogP contribution in [0.4, 0.5) is 0 Å². The smallest absolute Gasteiger partial charge is 0.222 e. The molecule has 0 saturated heterocycles. The number of carbonyl (C=O) groups is 2. The molecule has 5 nitrogen and oxygen atoms in total. The van der Waals surface area contributed by atoms with Gasteiger partial charge in [0.25, 0.3) is 0 Å². The van der Waals surface area contributed by atoms with Crippen LogP contribution in [0.5, 0.6) is 0 Å². The third kappa shape index (κ3) is 5.29. The predicted octanol–water partition coefficient (Wildman–Crippen LogP) is 0.812. The molecule has 3 N–H and O–H groups in total. The lowest BCUT2D eigenvalue weighted by atomic mass is 10.1. The Morgan fingerprint density at radius 1 is 1.50 bits per heavy atom. The monoisotopic (exact) mass is 270 g/mol. The van der Waals surface area contributed by atoms with Gasteiger partial charge in [-0.05, 0) is 18.4 Å². The molecule has 0 bridgehead atoms. The number of rotatable bonds is 6. The van der Waals surface area contributed by atoms with Crippen LogP contribution in [0.15, 0.2) is 17.5 Å². The van der Waals surface area contributed by atoms with Crippen molar-refractivity contribution in [3.8, 4) is 0 Å². The Morgan fingerprint density at radius 3 is 2.72 bits per heavy atom. The van der Waals surface area contributed by atoms with Gasteiger partial charge in [-0.2, -0.15) is 0 Å². The highest BCUT2D eigenvalue weighted by Crippen LogP contribution is 2.21. The average Bonchev–Trinajstić information content (AvgIpc) is 2.78. The van der Waals surface area contributed by atoms with Crippen molar-refractivity contribution in [1.82, 2.24) is 10.6 Å². The van der Waals surface area contributed by atoms with Gasteiger partial charge in [-0.25, -0.2) is 0 Å². The fraction of sp³-hybridized carbons (Fsp3) is 0.500. The lowest BCUT2D eigenvalue weighted by Gasteiger charge is -2.16. The molecule has 0 aliphatic carbocycles. The Hall–Kier alpha value is -1.40. The van der Waals surface area contributed by atoms with Gasteiger partial charge in [-0.3, -0.25) is 9.59 Å². The Kier molecular flexibility index (Phi) is 5.80. The van der Waals surface area contributed by atoms with Crippen LogP contribution in [0.2, 0.25) is 0 Å². The Morgan fingerprint density at radius 2 is 2.22 bits per heavy atom. The van der Waals surface area contributed by atoms with Crippen molar-refractivity contribution in [2.24, 2.45) is 0 Å². The van der Waals surface area contributed by atoms with Crippen LogP contribution < -0.4 is 10.6 Å². The first-order valence-corrected chi connectivity index (χ1v) is 6.62. The van der Waals surface area contributed by atoms with Crippen LogP contribution in [0.1, 0.15) is 31.2 Å². The van der Waals surface area contributed by atoms with Crippen molar-refractivity contribution in [3.05, 3.63) is 22.4 Å². The SMILES string of the molecule is CC(=O)NC(CC(=O)NC[C@@H](C)O)c1cccs1. The van der Waals surface area contributed by atoms with Crippen LogP contribution in [0, 0.1) is 0 Å². The molecule has 1 heterocycles. The minimum atomic E-state index is -0.574. The first kappa shape index (κ1) is 14.7. The highest BCUT2D eigenvalue weighted by molar-refractivity contribution is 7.10. The van der Waals surface area contributed by atoms with Crippen LogP contribution in [-0.2, 0) is 9.59 Å². The maximum atomic E-state index is 11.7. The van der Waals surface area contributed by atoms with E-state index in [9.17, 15) is 9.59 Å². The van der Waals surface area contributed by atoms with E-state index < -0.39 is 6.10 Å². The van der Waals surface area contributed by atoms with E-state index in [-0.39, 0.29) is 30.8 Å². The standard InChI is InChI=1S/C12H18N2O3S/c1-8(15)7-13-12(17)6-10(14-9(2)16)11-4-3-5-18-11/h3-5,8,10,15H,6-7H2,1-2H3,(H,13,17)(H,14,16)/t8-,10?/m1/s1.